The SMILES string of the molecule is CCOC(=O)C1=C([C@H](C)c2ccccc2)NC(=O)N[C@H]1C. The molecule has 1 aliphatic rings. The van der Waals surface area contributed by atoms with E-state index in [9.17, 15) is 9.59 Å². The summed E-state index contributed by atoms with van der Waals surface area (Å²) in [5, 5.41) is 5.46. The van der Waals surface area contributed by atoms with Crippen molar-refractivity contribution in [1.29, 1.82) is 0 Å². The van der Waals surface area contributed by atoms with E-state index in [0.717, 1.165) is 5.56 Å². The third-order valence-electron chi connectivity index (χ3n) is 3.55. The van der Waals surface area contributed by atoms with Crippen molar-refractivity contribution in [3.63, 3.8) is 0 Å². The van der Waals surface area contributed by atoms with Crippen LogP contribution in [0.1, 0.15) is 32.3 Å². The van der Waals surface area contributed by atoms with Gasteiger partial charge in [0.15, 0.2) is 0 Å². The molecule has 0 unspecified atom stereocenters. The molecule has 1 aliphatic heterocycles. The second-order valence-corrected chi connectivity index (χ2v) is 5.00. The van der Waals surface area contributed by atoms with E-state index in [1.807, 2.05) is 37.3 Å². The molecule has 0 saturated carbocycles. The third kappa shape index (κ3) is 3.24. The summed E-state index contributed by atoms with van der Waals surface area (Å²) in [6.07, 6.45) is 0. The number of benzene rings is 1. The Morgan fingerprint density at radius 2 is 2.00 bits per heavy atom. The van der Waals surface area contributed by atoms with E-state index in [1.54, 1.807) is 13.8 Å². The first-order chi connectivity index (χ1) is 10.0. The van der Waals surface area contributed by atoms with Crippen molar-refractivity contribution in [3.8, 4) is 0 Å². The Kier molecular flexibility index (Phi) is 4.62. The number of hydrogen-bond donors (Lipinski definition) is 2. The minimum Gasteiger partial charge on any atom is -0.463 e. The summed E-state index contributed by atoms with van der Waals surface area (Å²) in [6.45, 7) is 5.80. The Labute approximate surface area is 124 Å². The minimum absolute atomic E-state index is 0.0980. The van der Waals surface area contributed by atoms with Gasteiger partial charge in [-0.2, -0.15) is 0 Å². The number of allylic oxidation sites excluding steroid dienone is 1. The van der Waals surface area contributed by atoms with Crippen LogP contribution in [0.15, 0.2) is 41.6 Å². The molecule has 2 rings (SSSR count). The number of urea groups is 1. The summed E-state index contributed by atoms with van der Waals surface area (Å²) < 4.78 is 5.12. The van der Waals surface area contributed by atoms with Gasteiger partial charge in [0.05, 0.1) is 18.2 Å². The number of amides is 2. The normalized spacial score (nSPS) is 19.6. The van der Waals surface area contributed by atoms with Gasteiger partial charge in [0.2, 0.25) is 0 Å². The van der Waals surface area contributed by atoms with E-state index in [2.05, 4.69) is 10.6 Å². The molecule has 112 valence electrons. The van der Waals surface area contributed by atoms with Gasteiger partial charge in [-0.3, -0.25) is 0 Å². The molecular weight excluding hydrogens is 268 g/mol. The highest BCUT2D eigenvalue weighted by atomic mass is 16.5. The Balaban J connectivity index is 2.44. The van der Waals surface area contributed by atoms with Crippen molar-refractivity contribution in [3.05, 3.63) is 47.2 Å². The molecule has 0 aromatic heterocycles. The van der Waals surface area contributed by atoms with Crippen LogP contribution in [0.4, 0.5) is 4.79 Å². The molecule has 5 heteroatoms. The number of hydrogen-bond acceptors (Lipinski definition) is 3. The van der Waals surface area contributed by atoms with E-state index in [-0.39, 0.29) is 18.0 Å². The average molecular weight is 288 g/mol. The predicted molar refractivity (Wildman–Crippen MR) is 79.6 cm³/mol. The first kappa shape index (κ1) is 15.1. The zero-order valence-electron chi connectivity index (χ0n) is 12.5. The van der Waals surface area contributed by atoms with Crippen molar-refractivity contribution in [2.24, 2.45) is 0 Å². The zero-order valence-corrected chi connectivity index (χ0v) is 12.5. The van der Waals surface area contributed by atoms with E-state index < -0.39 is 5.97 Å². The molecule has 0 aliphatic carbocycles. The lowest BCUT2D eigenvalue weighted by Crippen LogP contribution is -2.50. The summed E-state index contributed by atoms with van der Waals surface area (Å²) in [5.41, 5.74) is 2.12. The van der Waals surface area contributed by atoms with E-state index in [1.165, 1.54) is 0 Å². The zero-order chi connectivity index (χ0) is 15.4. The lowest BCUT2D eigenvalue weighted by molar-refractivity contribution is -0.139. The summed E-state index contributed by atoms with van der Waals surface area (Å²) in [7, 11) is 0. The van der Waals surface area contributed by atoms with Gasteiger partial charge in [-0.05, 0) is 19.4 Å². The van der Waals surface area contributed by atoms with E-state index in [4.69, 9.17) is 4.74 Å². The molecule has 1 aromatic carbocycles. The smallest absolute Gasteiger partial charge is 0.337 e. The van der Waals surface area contributed by atoms with E-state index in [0.29, 0.717) is 17.9 Å². The molecule has 0 radical (unpaired) electrons. The fourth-order valence-electron chi connectivity index (χ4n) is 2.47. The van der Waals surface area contributed by atoms with Crippen LogP contribution >= 0.6 is 0 Å². The van der Waals surface area contributed by atoms with Crippen LogP contribution in [0, 0.1) is 0 Å². The van der Waals surface area contributed by atoms with Crippen LogP contribution in [0.25, 0.3) is 0 Å². The lowest BCUT2D eigenvalue weighted by atomic mass is 9.91. The highest BCUT2D eigenvalue weighted by molar-refractivity contribution is 5.95. The van der Waals surface area contributed by atoms with Crippen LogP contribution < -0.4 is 10.6 Å². The van der Waals surface area contributed by atoms with Crippen LogP contribution in [0.3, 0.4) is 0 Å². The molecular formula is C16H20N2O3. The standard InChI is InChI=1S/C16H20N2O3/c1-4-21-15(19)13-11(3)17-16(20)18-14(13)10(2)12-8-6-5-7-9-12/h5-11H,4H2,1-3H3,(H2,17,18,20)/t10-,11+/m1/s1. The average Bonchev–Trinajstić information content (AvgIpc) is 2.46. The van der Waals surface area contributed by atoms with Crippen molar-refractivity contribution in [2.45, 2.75) is 32.7 Å². The van der Waals surface area contributed by atoms with Gasteiger partial charge < -0.3 is 15.4 Å². The van der Waals surface area contributed by atoms with Crippen LogP contribution in [0.5, 0.6) is 0 Å². The molecule has 0 fully saturated rings. The summed E-state index contributed by atoms with van der Waals surface area (Å²) in [5.74, 6) is -0.491. The molecule has 1 aromatic rings. The number of carbonyl (C=O) groups is 2. The Hall–Kier alpha value is -2.30. The fourth-order valence-corrected chi connectivity index (χ4v) is 2.47. The number of carbonyl (C=O) groups excluding carboxylic acids is 2. The quantitative estimate of drug-likeness (QED) is 0.835. The largest absolute Gasteiger partial charge is 0.463 e. The van der Waals surface area contributed by atoms with Crippen LogP contribution in [-0.4, -0.2) is 24.6 Å². The van der Waals surface area contributed by atoms with Crippen LogP contribution in [-0.2, 0) is 9.53 Å². The molecule has 2 amide bonds. The molecule has 0 spiro atoms. The first-order valence-electron chi connectivity index (χ1n) is 7.08. The van der Waals surface area contributed by atoms with Crippen molar-refractivity contribution in [2.75, 3.05) is 6.61 Å². The highest BCUT2D eigenvalue weighted by Gasteiger charge is 2.32. The number of nitrogens with one attached hydrogen (secondary N) is 2. The van der Waals surface area contributed by atoms with Crippen LogP contribution in [0.2, 0.25) is 0 Å². The van der Waals surface area contributed by atoms with Gasteiger partial charge in [-0.15, -0.1) is 0 Å². The summed E-state index contributed by atoms with van der Waals surface area (Å²) in [4.78, 5) is 23.9. The number of rotatable bonds is 4. The Morgan fingerprint density at radius 1 is 1.33 bits per heavy atom. The minimum atomic E-state index is -0.393. The van der Waals surface area contributed by atoms with Gasteiger partial charge in [0.25, 0.3) is 0 Å². The molecule has 21 heavy (non-hydrogen) atoms. The van der Waals surface area contributed by atoms with Gasteiger partial charge in [-0.1, -0.05) is 37.3 Å². The van der Waals surface area contributed by atoms with Crippen molar-refractivity contribution < 1.29 is 14.3 Å². The molecule has 5 nitrogen and oxygen atoms in total. The highest BCUT2D eigenvalue weighted by Crippen LogP contribution is 2.28. The summed E-state index contributed by atoms with van der Waals surface area (Å²) >= 11 is 0. The third-order valence-corrected chi connectivity index (χ3v) is 3.55. The number of esters is 1. The second-order valence-electron chi connectivity index (χ2n) is 5.00. The predicted octanol–water partition coefficient (Wildman–Crippen LogP) is 2.31. The fraction of sp³-hybridized carbons (Fsp3) is 0.375. The van der Waals surface area contributed by atoms with Crippen molar-refractivity contribution >= 4 is 12.0 Å². The second kappa shape index (κ2) is 6.43. The first-order valence-corrected chi connectivity index (χ1v) is 7.08. The van der Waals surface area contributed by atoms with E-state index >= 15 is 0 Å². The van der Waals surface area contributed by atoms with Gasteiger partial charge in [0, 0.05) is 11.6 Å². The summed E-state index contributed by atoms with van der Waals surface area (Å²) in [6, 6.07) is 9.07. The molecule has 0 bridgehead atoms. The maximum Gasteiger partial charge on any atom is 0.337 e. The monoisotopic (exact) mass is 288 g/mol. The maximum atomic E-state index is 12.2. The number of ether oxygens (including phenoxy) is 1. The Morgan fingerprint density at radius 3 is 2.62 bits per heavy atom. The molecule has 0 saturated heterocycles. The maximum absolute atomic E-state index is 12.2. The molecule has 1 heterocycles. The van der Waals surface area contributed by atoms with Gasteiger partial charge in [-0.25, -0.2) is 9.59 Å². The Bertz CT molecular complexity index is 566. The van der Waals surface area contributed by atoms with Gasteiger partial charge >= 0.3 is 12.0 Å². The van der Waals surface area contributed by atoms with Crippen molar-refractivity contribution in [1.82, 2.24) is 10.6 Å². The molecule has 2 N–H and O–H groups in total. The molecule has 2 atom stereocenters. The lowest BCUT2D eigenvalue weighted by Gasteiger charge is -2.29. The topological polar surface area (TPSA) is 67.4 Å². The van der Waals surface area contributed by atoms with Gasteiger partial charge in [0.1, 0.15) is 0 Å².